The number of nitro groups is 1. The summed E-state index contributed by atoms with van der Waals surface area (Å²) in [6, 6.07) is 3.57. The van der Waals surface area contributed by atoms with Crippen molar-refractivity contribution in [2.45, 2.75) is 50.2 Å². The minimum Gasteiger partial charge on any atom is -0.327 e. The van der Waals surface area contributed by atoms with Crippen LogP contribution < -0.4 is 4.72 Å². The summed E-state index contributed by atoms with van der Waals surface area (Å²) in [6.07, 6.45) is 8.49. The van der Waals surface area contributed by atoms with E-state index >= 15 is 0 Å². The van der Waals surface area contributed by atoms with Crippen molar-refractivity contribution >= 4 is 23.3 Å². The number of anilines is 1. The summed E-state index contributed by atoms with van der Waals surface area (Å²) in [5.41, 5.74) is 0.110. The topological polar surface area (TPSA) is 55.2 Å². The van der Waals surface area contributed by atoms with E-state index in [1.54, 1.807) is 0 Å². The summed E-state index contributed by atoms with van der Waals surface area (Å²) in [5.74, 6) is -0.450. The lowest BCUT2D eigenvalue weighted by Crippen LogP contribution is -2.09. The van der Waals surface area contributed by atoms with Crippen molar-refractivity contribution in [1.29, 1.82) is 0 Å². The number of non-ortho nitro benzene ring substituents is 1. The molecule has 1 aromatic rings. The molecule has 1 fully saturated rings. The maximum atomic E-state index is 13.6. The molecule has 0 saturated heterocycles. The van der Waals surface area contributed by atoms with Crippen LogP contribution in [0.5, 0.6) is 0 Å². The van der Waals surface area contributed by atoms with Crippen LogP contribution in [0, 0.1) is 15.9 Å². The molecule has 1 N–H and O–H groups in total. The summed E-state index contributed by atoms with van der Waals surface area (Å²) < 4.78 is 16.6. The van der Waals surface area contributed by atoms with Gasteiger partial charge < -0.3 is 4.72 Å². The molecule has 0 unspecified atom stereocenters. The number of rotatable bonds is 4. The van der Waals surface area contributed by atoms with Crippen LogP contribution in [0.1, 0.15) is 44.9 Å². The molecule has 1 aliphatic rings. The molecule has 0 amide bonds. The third-order valence-corrected chi connectivity index (χ3v) is 4.69. The molecule has 0 aliphatic heterocycles. The Morgan fingerprint density at radius 1 is 1.20 bits per heavy atom. The van der Waals surface area contributed by atoms with Crippen molar-refractivity contribution in [3.8, 4) is 0 Å². The maximum absolute atomic E-state index is 13.6. The number of nitrogens with zero attached hydrogens (tertiary/aromatic N) is 1. The summed E-state index contributed by atoms with van der Waals surface area (Å²) in [7, 11) is 0. The van der Waals surface area contributed by atoms with Gasteiger partial charge >= 0.3 is 0 Å². The molecule has 0 radical (unpaired) electrons. The van der Waals surface area contributed by atoms with E-state index in [9.17, 15) is 14.5 Å². The first-order valence-corrected chi connectivity index (χ1v) is 7.90. The SMILES string of the molecule is O=[N+]([O-])c1ccc(F)c(NSC2CCCCCCC2)c1. The number of nitrogens with one attached hydrogen (secondary N) is 1. The van der Waals surface area contributed by atoms with Crippen LogP contribution in [0.3, 0.4) is 0 Å². The van der Waals surface area contributed by atoms with Crippen LogP contribution in [-0.4, -0.2) is 10.2 Å². The second kappa shape index (κ2) is 7.47. The van der Waals surface area contributed by atoms with Gasteiger partial charge in [-0.25, -0.2) is 4.39 Å². The Bertz CT molecular complexity index is 462. The summed E-state index contributed by atoms with van der Waals surface area (Å²) in [5, 5.41) is 11.2. The van der Waals surface area contributed by atoms with Gasteiger partial charge in [0, 0.05) is 17.4 Å². The van der Waals surface area contributed by atoms with E-state index in [2.05, 4.69) is 4.72 Å². The van der Waals surface area contributed by atoms with E-state index in [1.165, 1.54) is 56.2 Å². The average molecular weight is 298 g/mol. The number of halogens is 1. The van der Waals surface area contributed by atoms with Gasteiger partial charge in [-0.15, -0.1) is 0 Å². The largest absolute Gasteiger partial charge is 0.327 e. The molecule has 0 aromatic heterocycles. The zero-order chi connectivity index (χ0) is 14.4. The lowest BCUT2D eigenvalue weighted by molar-refractivity contribution is -0.384. The predicted molar refractivity (Wildman–Crippen MR) is 80.4 cm³/mol. The minimum atomic E-state index is -0.509. The lowest BCUT2D eigenvalue weighted by atomic mass is 10.0. The zero-order valence-electron chi connectivity index (χ0n) is 11.3. The molecule has 1 aliphatic carbocycles. The standard InChI is InChI=1S/C14H19FN2O2S/c15-13-9-8-11(17(18)19)10-14(13)16-20-12-6-4-2-1-3-5-7-12/h8-10,12,16H,1-7H2. The van der Waals surface area contributed by atoms with Gasteiger partial charge in [0.15, 0.2) is 0 Å². The number of benzene rings is 1. The Hall–Kier alpha value is -1.30. The van der Waals surface area contributed by atoms with Crippen LogP contribution in [0.2, 0.25) is 0 Å². The van der Waals surface area contributed by atoms with E-state index in [4.69, 9.17) is 0 Å². The third-order valence-electron chi connectivity index (χ3n) is 3.55. The molecule has 0 bridgehead atoms. The molecule has 1 aromatic carbocycles. The van der Waals surface area contributed by atoms with Crippen LogP contribution in [0.25, 0.3) is 0 Å². The van der Waals surface area contributed by atoms with Gasteiger partial charge in [0.1, 0.15) is 5.82 Å². The quantitative estimate of drug-likeness (QED) is 0.487. The van der Waals surface area contributed by atoms with E-state index in [1.807, 2.05) is 0 Å². The van der Waals surface area contributed by atoms with Gasteiger partial charge in [0.05, 0.1) is 10.6 Å². The number of hydrogen-bond donors (Lipinski definition) is 1. The number of hydrogen-bond acceptors (Lipinski definition) is 4. The molecular weight excluding hydrogens is 279 g/mol. The summed E-state index contributed by atoms with van der Waals surface area (Å²) in [6.45, 7) is 0. The van der Waals surface area contributed by atoms with Gasteiger partial charge in [0.25, 0.3) is 5.69 Å². The fourth-order valence-electron chi connectivity index (χ4n) is 2.39. The van der Waals surface area contributed by atoms with E-state index in [0.717, 1.165) is 18.9 Å². The van der Waals surface area contributed by atoms with Crippen LogP contribution in [0.15, 0.2) is 18.2 Å². The first-order chi connectivity index (χ1) is 9.66. The Morgan fingerprint density at radius 2 is 1.85 bits per heavy atom. The van der Waals surface area contributed by atoms with Crippen LogP contribution in [-0.2, 0) is 0 Å². The Labute approximate surface area is 122 Å². The van der Waals surface area contributed by atoms with E-state index in [-0.39, 0.29) is 11.4 Å². The first-order valence-electron chi connectivity index (χ1n) is 7.02. The third kappa shape index (κ3) is 4.37. The number of nitro benzene ring substituents is 1. The first kappa shape index (κ1) is 15.1. The molecule has 2 rings (SSSR count). The van der Waals surface area contributed by atoms with Gasteiger partial charge in [-0.3, -0.25) is 10.1 Å². The molecule has 1 saturated carbocycles. The predicted octanol–water partition coefficient (Wildman–Crippen LogP) is 4.91. The smallest absolute Gasteiger partial charge is 0.271 e. The van der Waals surface area contributed by atoms with Crippen molar-refractivity contribution in [1.82, 2.24) is 0 Å². The Morgan fingerprint density at radius 3 is 2.50 bits per heavy atom. The fraction of sp³-hybridized carbons (Fsp3) is 0.571. The second-order valence-corrected chi connectivity index (χ2v) is 6.21. The summed E-state index contributed by atoms with van der Waals surface area (Å²) in [4.78, 5) is 10.2. The van der Waals surface area contributed by atoms with Crippen LogP contribution in [0.4, 0.5) is 15.8 Å². The molecule has 0 heterocycles. The Kier molecular flexibility index (Phi) is 5.64. The fourth-order valence-corrected chi connectivity index (χ4v) is 3.41. The van der Waals surface area contributed by atoms with Crippen LogP contribution >= 0.6 is 11.9 Å². The lowest BCUT2D eigenvalue weighted by Gasteiger charge is -2.19. The zero-order valence-corrected chi connectivity index (χ0v) is 12.1. The molecule has 0 spiro atoms. The van der Waals surface area contributed by atoms with Gasteiger partial charge in [-0.2, -0.15) is 0 Å². The van der Waals surface area contributed by atoms with E-state index in [0.29, 0.717) is 5.25 Å². The summed E-state index contributed by atoms with van der Waals surface area (Å²) >= 11 is 1.50. The molecule has 110 valence electrons. The molecule has 0 atom stereocenters. The van der Waals surface area contributed by atoms with Crippen molar-refractivity contribution < 1.29 is 9.31 Å². The van der Waals surface area contributed by atoms with Crippen molar-refractivity contribution in [3.63, 3.8) is 0 Å². The molecule has 20 heavy (non-hydrogen) atoms. The average Bonchev–Trinajstić information content (AvgIpc) is 2.39. The van der Waals surface area contributed by atoms with E-state index < -0.39 is 10.7 Å². The minimum absolute atomic E-state index is 0.0906. The van der Waals surface area contributed by atoms with Crippen molar-refractivity contribution in [2.24, 2.45) is 0 Å². The molecular formula is C14H19FN2O2S. The Balaban J connectivity index is 1.95. The highest BCUT2D eigenvalue weighted by Gasteiger charge is 2.15. The van der Waals surface area contributed by atoms with Gasteiger partial charge in [0.2, 0.25) is 0 Å². The monoisotopic (exact) mass is 298 g/mol. The molecule has 4 nitrogen and oxygen atoms in total. The van der Waals surface area contributed by atoms with Crippen molar-refractivity contribution in [3.05, 3.63) is 34.1 Å². The van der Waals surface area contributed by atoms with Gasteiger partial charge in [-0.05, 0) is 30.9 Å². The maximum Gasteiger partial charge on any atom is 0.271 e. The van der Waals surface area contributed by atoms with Crippen molar-refractivity contribution in [2.75, 3.05) is 4.72 Å². The normalized spacial score (nSPS) is 17.2. The highest BCUT2D eigenvalue weighted by Crippen LogP contribution is 2.30. The second-order valence-electron chi connectivity index (χ2n) is 5.11. The van der Waals surface area contributed by atoms with Gasteiger partial charge in [-0.1, -0.05) is 32.1 Å². The highest BCUT2D eigenvalue weighted by molar-refractivity contribution is 8.01. The molecule has 6 heteroatoms. The highest BCUT2D eigenvalue weighted by atomic mass is 32.2.